The van der Waals surface area contributed by atoms with Crippen molar-refractivity contribution in [2.24, 2.45) is 11.0 Å². The number of fused-ring (bicyclic) bond motifs is 1. The Morgan fingerprint density at radius 1 is 1.08 bits per heavy atom. The van der Waals surface area contributed by atoms with Gasteiger partial charge in [-0.3, -0.25) is 14.6 Å². The summed E-state index contributed by atoms with van der Waals surface area (Å²) in [6.45, 7) is 5.69. The third-order valence-corrected chi connectivity index (χ3v) is 7.04. The highest BCUT2D eigenvalue weighted by Crippen LogP contribution is 2.30. The van der Waals surface area contributed by atoms with E-state index in [1.165, 1.54) is 24.0 Å². The van der Waals surface area contributed by atoms with E-state index in [0.717, 1.165) is 56.4 Å². The SMILES string of the molecule is CCCCCCOC(=O)CC1CCc2ccc(NC(=O)c3ccc(/C=N/N4CCOCC4)cc3)cc2C1. The number of amides is 1. The second kappa shape index (κ2) is 13.9. The van der Waals surface area contributed by atoms with E-state index in [9.17, 15) is 9.59 Å². The van der Waals surface area contributed by atoms with E-state index in [1.807, 2.05) is 41.6 Å². The summed E-state index contributed by atoms with van der Waals surface area (Å²) in [5.74, 6) is 0.0525. The van der Waals surface area contributed by atoms with Crippen LogP contribution < -0.4 is 5.32 Å². The predicted molar refractivity (Wildman–Crippen MR) is 146 cm³/mol. The Labute approximate surface area is 220 Å². The molecule has 0 aromatic heterocycles. The number of hydrogen-bond acceptors (Lipinski definition) is 6. The van der Waals surface area contributed by atoms with E-state index >= 15 is 0 Å². The maximum Gasteiger partial charge on any atom is 0.306 e. The molecule has 0 radical (unpaired) electrons. The smallest absolute Gasteiger partial charge is 0.306 e. The van der Waals surface area contributed by atoms with Crippen molar-refractivity contribution in [3.63, 3.8) is 0 Å². The lowest BCUT2D eigenvalue weighted by atomic mass is 9.82. The lowest BCUT2D eigenvalue weighted by molar-refractivity contribution is -0.145. The molecule has 1 unspecified atom stereocenters. The summed E-state index contributed by atoms with van der Waals surface area (Å²) >= 11 is 0. The van der Waals surface area contributed by atoms with Crippen molar-refractivity contribution in [3.05, 3.63) is 64.7 Å². The number of hydrogen-bond donors (Lipinski definition) is 1. The third kappa shape index (κ3) is 8.42. The summed E-state index contributed by atoms with van der Waals surface area (Å²) in [5, 5.41) is 9.50. The molecule has 1 aliphatic heterocycles. The largest absolute Gasteiger partial charge is 0.466 e. The minimum atomic E-state index is -0.143. The van der Waals surface area contributed by atoms with Gasteiger partial charge in [0.2, 0.25) is 0 Å². The van der Waals surface area contributed by atoms with Gasteiger partial charge in [0, 0.05) is 17.7 Å². The van der Waals surface area contributed by atoms with Gasteiger partial charge in [-0.25, -0.2) is 0 Å². The average Bonchev–Trinajstić information content (AvgIpc) is 2.92. The molecule has 7 heteroatoms. The van der Waals surface area contributed by atoms with Crippen LogP contribution in [0.3, 0.4) is 0 Å². The Hall–Kier alpha value is -3.19. The summed E-state index contributed by atoms with van der Waals surface area (Å²) in [4.78, 5) is 25.1. The van der Waals surface area contributed by atoms with Crippen molar-refractivity contribution in [1.29, 1.82) is 0 Å². The maximum atomic E-state index is 12.8. The van der Waals surface area contributed by atoms with Gasteiger partial charge in [-0.1, -0.05) is 44.4 Å². The topological polar surface area (TPSA) is 80.2 Å². The molecule has 2 aromatic carbocycles. The zero-order valence-electron chi connectivity index (χ0n) is 21.9. The number of hydrazone groups is 1. The summed E-state index contributed by atoms with van der Waals surface area (Å²) in [5.41, 5.74) is 4.83. The van der Waals surface area contributed by atoms with E-state index in [2.05, 4.69) is 29.5 Å². The van der Waals surface area contributed by atoms with E-state index in [1.54, 1.807) is 0 Å². The van der Waals surface area contributed by atoms with Crippen LogP contribution in [0, 0.1) is 5.92 Å². The van der Waals surface area contributed by atoms with E-state index in [-0.39, 0.29) is 17.8 Å². The molecule has 1 fully saturated rings. The van der Waals surface area contributed by atoms with Crippen LogP contribution in [0.4, 0.5) is 5.69 Å². The first-order valence-electron chi connectivity index (χ1n) is 13.7. The number of aryl methyl sites for hydroxylation is 1. The molecule has 1 amide bonds. The fraction of sp³-hybridized carbons (Fsp3) is 0.500. The molecule has 0 bridgehead atoms. The van der Waals surface area contributed by atoms with Crippen LogP contribution in [-0.2, 0) is 27.1 Å². The minimum absolute atomic E-state index is 0.0900. The molecule has 0 spiro atoms. The molecule has 1 aliphatic carbocycles. The van der Waals surface area contributed by atoms with Crippen molar-refractivity contribution in [2.45, 2.75) is 58.3 Å². The van der Waals surface area contributed by atoms with Gasteiger partial charge in [0.05, 0.1) is 39.1 Å². The molecule has 198 valence electrons. The first-order chi connectivity index (χ1) is 18.1. The second-order valence-corrected chi connectivity index (χ2v) is 9.96. The number of benzene rings is 2. The van der Waals surface area contributed by atoms with Gasteiger partial charge >= 0.3 is 5.97 Å². The molecule has 2 aromatic rings. The minimum Gasteiger partial charge on any atom is -0.466 e. The normalized spacial score (nSPS) is 17.4. The van der Waals surface area contributed by atoms with Crippen LogP contribution in [0.15, 0.2) is 47.6 Å². The zero-order valence-corrected chi connectivity index (χ0v) is 21.9. The maximum absolute atomic E-state index is 12.8. The van der Waals surface area contributed by atoms with Gasteiger partial charge in [-0.05, 0) is 72.6 Å². The van der Waals surface area contributed by atoms with Gasteiger partial charge in [0.25, 0.3) is 5.91 Å². The number of morpholine rings is 1. The highest BCUT2D eigenvalue weighted by atomic mass is 16.5. The quantitative estimate of drug-likeness (QED) is 0.257. The number of anilines is 1. The molecule has 1 saturated heterocycles. The standard InChI is InChI=1S/C30H39N3O4/c1-2-3-4-5-16-37-29(34)20-24-8-9-25-12-13-28(21-27(25)19-24)32-30(35)26-10-6-23(7-11-26)22-31-33-14-17-36-18-15-33/h6-7,10-13,21-22,24H,2-5,8-9,14-20H2,1H3,(H,32,35)/b31-22+. The van der Waals surface area contributed by atoms with Crippen LogP contribution >= 0.6 is 0 Å². The van der Waals surface area contributed by atoms with Crippen molar-refractivity contribution in [2.75, 3.05) is 38.2 Å². The number of unbranched alkanes of at least 4 members (excludes halogenated alkanes) is 3. The van der Waals surface area contributed by atoms with E-state index < -0.39 is 0 Å². The number of carbonyl (C=O) groups is 2. The first-order valence-corrected chi connectivity index (χ1v) is 13.7. The number of nitrogens with zero attached hydrogens (tertiary/aromatic N) is 2. The fourth-order valence-corrected chi connectivity index (χ4v) is 4.84. The fourth-order valence-electron chi connectivity index (χ4n) is 4.84. The first kappa shape index (κ1) is 26.9. The Bertz CT molecular complexity index is 1060. The molecule has 1 N–H and O–H groups in total. The summed E-state index contributed by atoms with van der Waals surface area (Å²) in [6.07, 6.45) is 9.47. The second-order valence-electron chi connectivity index (χ2n) is 9.96. The monoisotopic (exact) mass is 505 g/mol. The molecule has 1 atom stereocenters. The number of esters is 1. The third-order valence-electron chi connectivity index (χ3n) is 7.04. The molecule has 37 heavy (non-hydrogen) atoms. The van der Waals surface area contributed by atoms with Crippen molar-refractivity contribution < 1.29 is 19.1 Å². The molecular formula is C30H39N3O4. The van der Waals surface area contributed by atoms with Gasteiger partial charge in [0.1, 0.15) is 0 Å². The number of rotatable bonds is 11. The van der Waals surface area contributed by atoms with Crippen molar-refractivity contribution in [1.82, 2.24) is 5.01 Å². The summed E-state index contributed by atoms with van der Waals surface area (Å²) < 4.78 is 10.8. The van der Waals surface area contributed by atoms with E-state index in [4.69, 9.17) is 9.47 Å². The average molecular weight is 506 g/mol. The van der Waals surface area contributed by atoms with Crippen LogP contribution in [0.1, 0.15) is 72.5 Å². The van der Waals surface area contributed by atoms with Gasteiger partial charge in [-0.15, -0.1) is 0 Å². The molecule has 4 rings (SSSR count). The summed E-state index contributed by atoms with van der Waals surface area (Å²) in [7, 11) is 0. The van der Waals surface area contributed by atoms with E-state index in [0.29, 0.717) is 31.8 Å². The molecule has 7 nitrogen and oxygen atoms in total. The molecular weight excluding hydrogens is 466 g/mol. The Morgan fingerprint density at radius 3 is 2.68 bits per heavy atom. The van der Waals surface area contributed by atoms with Crippen molar-refractivity contribution >= 4 is 23.8 Å². The Kier molecular flexibility index (Phi) is 10.1. The van der Waals surface area contributed by atoms with Crippen LogP contribution in [0.5, 0.6) is 0 Å². The highest BCUT2D eigenvalue weighted by molar-refractivity contribution is 6.04. The van der Waals surface area contributed by atoms with Crippen molar-refractivity contribution in [3.8, 4) is 0 Å². The lowest BCUT2D eigenvalue weighted by Gasteiger charge is -2.24. The molecule has 0 saturated carbocycles. The predicted octanol–water partition coefficient (Wildman–Crippen LogP) is 5.22. The highest BCUT2D eigenvalue weighted by Gasteiger charge is 2.22. The number of nitrogens with one attached hydrogen (secondary N) is 1. The summed E-state index contributed by atoms with van der Waals surface area (Å²) in [6, 6.07) is 13.6. The number of ether oxygens (including phenoxy) is 2. The molecule has 2 aliphatic rings. The zero-order chi connectivity index (χ0) is 25.9. The number of carbonyl (C=O) groups excluding carboxylic acids is 2. The van der Waals surface area contributed by atoms with Gasteiger partial charge < -0.3 is 14.8 Å². The van der Waals surface area contributed by atoms with Crippen LogP contribution in [0.2, 0.25) is 0 Å². The molecule has 1 heterocycles. The van der Waals surface area contributed by atoms with Crippen LogP contribution in [-0.4, -0.2) is 56.0 Å². The lowest BCUT2D eigenvalue weighted by Crippen LogP contribution is -2.32. The van der Waals surface area contributed by atoms with Gasteiger partial charge in [-0.2, -0.15) is 5.10 Å². The Morgan fingerprint density at radius 2 is 1.89 bits per heavy atom. The Balaban J connectivity index is 1.27. The van der Waals surface area contributed by atoms with Crippen LogP contribution in [0.25, 0.3) is 0 Å². The van der Waals surface area contributed by atoms with Gasteiger partial charge in [0.15, 0.2) is 0 Å².